The van der Waals surface area contributed by atoms with Gasteiger partial charge < -0.3 is 10.6 Å². The second kappa shape index (κ2) is 5.46. The molecule has 0 saturated carbocycles. The first-order valence-electron chi connectivity index (χ1n) is 6.48. The summed E-state index contributed by atoms with van der Waals surface area (Å²) in [7, 11) is 1.80. The lowest BCUT2D eigenvalue weighted by Gasteiger charge is -2.14. The number of rotatable bonds is 3. The number of benzene rings is 1. The van der Waals surface area contributed by atoms with E-state index in [4.69, 9.17) is 5.73 Å². The molecule has 3 rings (SSSR count). The van der Waals surface area contributed by atoms with Crippen molar-refractivity contribution in [1.29, 1.82) is 0 Å². The Morgan fingerprint density at radius 3 is 2.90 bits per heavy atom. The molecular formula is C15H15N3OS2. The Hall–Kier alpha value is -1.92. The van der Waals surface area contributed by atoms with E-state index in [1.165, 1.54) is 11.3 Å². The van der Waals surface area contributed by atoms with Gasteiger partial charge in [0.1, 0.15) is 0 Å². The van der Waals surface area contributed by atoms with Crippen LogP contribution >= 0.6 is 22.7 Å². The summed E-state index contributed by atoms with van der Waals surface area (Å²) in [5, 5.41) is 4.02. The van der Waals surface area contributed by atoms with Crippen LogP contribution in [0.2, 0.25) is 0 Å². The summed E-state index contributed by atoms with van der Waals surface area (Å²) in [6, 6.07) is 7.61. The van der Waals surface area contributed by atoms with Crippen molar-refractivity contribution in [3.05, 3.63) is 45.2 Å². The number of hydrogen-bond donors (Lipinski definition) is 1. The molecule has 0 saturated heterocycles. The van der Waals surface area contributed by atoms with Crippen LogP contribution in [-0.2, 0) is 6.54 Å². The third-order valence-electron chi connectivity index (χ3n) is 3.16. The van der Waals surface area contributed by atoms with Crippen molar-refractivity contribution in [3.8, 4) is 0 Å². The van der Waals surface area contributed by atoms with Crippen molar-refractivity contribution in [1.82, 2.24) is 9.88 Å². The second-order valence-corrected chi connectivity index (χ2v) is 7.07. The molecule has 6 heteroatoms. The molecule has 21 heavy (non-hydrogen) atoms. The van der Waals surface area contributed by atoms with E-state index < -0.39 is 0 Å². The highest BCUT2D eigenvalue weighted by Gasteiger charge is 2.16. The molecule has 2 aromatic heterocycles. The Balaban J connectivity index is 1.82. The van der Waals surface area contributed by atoms with Crippen LogP contribution in [0, 0.1) is 6.92 Å². The summed E-state index contributed by atoms with van der Waals surface area (Å²) in [5.41, 5.74) is 7.42. The van der Waals surface area contributed by atoms with Gasteiger partial charge in [-0.05, 0) is 36.6 Å². The van der Waals surface area contributed by atoms with Crippen molar-refractivity contribution in [3.63, 3.8) is 0 Å². The maximum absolute atomic E-state index is 12.5. The molecule has 0 unspecified atom stereocenters. The second-order valence-electron chi connectivity index (χ2n) is 4.93. The molecule has 4 nitrogen and oxygen atoms in total. The monoisotopic (exact) mass is 317 g/mol. The van der Waals surface area contributed by atoms with E-state index in [2.05, 4.69) is 4.98 Å². The predicted octanol–water partition coefficient (Wildman–Crippen LogP) is 3.52. The van der Waals surface area contributed by atoms with Crippen LogP contribution in [0.15, 0.2) is 29.6 Å². The van der Waals surface area contributed by atoms with E-state index >= 15 is 0 Å². The summed E-state index contributed by atoms with van der Waals surface area (Å²) in [6.07, 6.45) is 0. The van der Waals surface area contributed by atoms with Gasteiger partial charge in [0.05, 0.1) is 22.1 Å². The number of amides is 1. The topological polar surface area (TPSA) is 59.2 Å². The Kier molecular flexibility index (Phi) is 3.65. The van der Waals surface area contributed by atoms with Crippen LogP contribution in [0.1, 0.15) is 20.4 Å². The summed E-state index contributed by atoms with van der Waals surface area (Å²) >= 11 is 3.09. The summed E-state index contributed by atoms with van der Waals surface area (Å²) in [6.45, 7) is 2.49. The maximum atomic E-state index is 12.5. The van der Waals surface area contributed by atoms with Gasteiger partial charge in [0.25, 0.3) is 5.91 Å². The predicted molar refractivity (Wildman–Crippen MR) is 88.9 cm³/mol. The highest BCUT2D eigenvalue weighted by Crippen LogP contribution is 2.28. The number of fused-ring (bicyclic) bond motifs is 1. The number of aryl methyl sites for hydroxylation is 1. The highest BCUT2D eigenvalue weighted by molar-refractivity contribution is 7.20. The van der Waals surface area contributed by atoms with E-state index in [1.54, 1.807) is 23.3 Å². The number of carbonyl (C=O) groups excluding carboxylic acids is 1. The van der Waals surface area contributed by atoms with E-state index in [9.17, 15) is 4.79 Å². The lowest BCUT2D eigenvalue weighted by molar-refractivity contribution is 0.0788. The van der Waals surface area contributed by atoms with Gasteiger partial charge >= 0.3 is 0 Å². The summed E-state index contributed by atoms with van der Waals surface area (Å²) < 4.78 is 1.07. The number of nitrogens with two attached hydrogens (primary N) is 1. The number of carbonyl (C=O) groups is 1. The zero-order chi connectivity index (χ0) is 15.0. The van der Waals surface area contributed by atoms with Crippen molar-refractivity contribution < 1.29 is 4.79 Å². The number of aromatic nitrogens is 1. The SMILES string of the molecule is Cc1nc(CN(C)C(=O)c2cc3cc(N)ccc3s2)cs1. The minimum Gasteiger partial charge on any atom is -0.399 e. The molecule has 108 valence electrons. The fraction of sp³-hybridized carbons (Fsp3) is 0.200. The lowest BCUT2D eigenvalue weighted by atomic mass is 10.2. The number of nitrogens with zero attached hydrogens (tertiary/aromatic N) is 2. The molecule has 2 N–H and O–H groups in total. The lowest BCUT2D eigenvalue weighted by Crippen LogP contribution is -2.25. The Morgan fingerprint density at radius 1 is 1.38 bits per heavy atom. The molecule has 0 bridgehead atoms. The molecule has 0 atom stereocenters. The van der Waals surface area contributed by atoms with Crippen LogP contribution in [-0.4, -0.2) is 22.8 Å². The van der Waals surface area contributed by atoms with Gasteiger partial charge in [-0.25, -0.2) is 4.98 Å². The molecule has 0 radical (unpaired) electrons. The average Bonchev–Trinajstić information content (AvgIpc) is 3.03. The first-order chi connectivity index (χ1) is 10.0. The zero-order valence-electron chi connectivity index (χ0n) is 11.8. The summed E-state index contributed by atoms with van der Waals surface area (Å²) in [5.74, 6) is 0.0143. The highest BCUT2D eigenvalue weighted by atomic mass is 32.1. The van der Waals surface area contributed by atoms with Crippen molar-refractivity contribution in [2.75, 3.05) is 12.8 Å². The van der Waals surface area contributed by atoms with E-state index in [1.807, 2.05) is 36.6 Å². The van der Waals surface area contributed by atoms with E-state index in [0.717, 1.165) is 25.7 Å². The first kappa shape index (κ1) is 14.0. The smallest absolute Gasteiger partial charge is 0.264 e. The zero-order valence-corrected chi connectivity index (χ0v) is 13.4. The normalized spacial score (nSPS) is 11.0. The third kappa shape index (κ3) is 2.91. The summed E-state index contributed by atoms with van der Waals surface area (Å²) in [4.78, 5) is 19.3. The number of hydrogen-bond acceptors (Lipinski definition) is 5. The molecule has 0 aliphatic carbocycles. The van der Waals surface area contributed by atoms with Crippen LogP contribution in [0.4, 0.5) is 5.69 Å². The largest absolute Gasteiger partial charge is 0.399 e. The standard InChI is InChI=1S/C15H15N3OS2/c1-9-17-12(8-20-9)7-18(2)15(19)14-6-10-5-11(16)3-4-13(10)21-14/h3-6,8H,7,16H2,1-2H3. The van der Waals surface area contributed by atoms with Gasteiger partial charge in [0.15, 0.2) is 0 Å². The van der Waals surface area contributed by atoms with Gasteiger partial charge in [-0.15, -0.1) is 22.7 Å². The van der Waals surface area contributed by atoms with Crippen molar-refractivity contribution >= 4 is 44.4 Å². The Labute approximate surface area is 130 Å². The average molecular weight is 317 g/mol. The molecule has 0 spiro atoms. The molecule has 1 amide bonds. The van der Waals surface area contributed by atoms with Gasteiger partial charge in [-0.3, -0.25) is 4.79 Å². The number of thiazole rings is 1. The maximum Gasteiger partial charge on any atom is 0.264 e. The fourth-order valence-electron chi connectivity index (χ4n) is 2.15. The van der Waals surface area contributed by atoms with Gasteiger partial charge in [0.2, 0.25) is 0 Å². The van der Waals surface area contributed by atoms with Crippen LogP contribution in [0.3, 0.4) is 0 Å². The molecular weight excluding hydrogens is 302 g/mol. The van der Waals surface area contributed by atoms with Crippen molar-refractivity contribution in [2.24, 2.45) is 0 Å². The van der Waals surface area contributed by atoms with E-state index in [-0.39, 0.29) is 5.91 Å². The Bertz CT molecular complexity index is 806. The fourth-order valence-corrected chi connectivity index (χ4v) is 3.79. The van der Waals surface area contributed by atoms with Gasteiger partial charge in [-0.2, -0.15) is 0 Å². The molecule has 2 heterocycles. The van der Waals surface area contributed by atoms with Gasteiger partial charge in [0, 0.05) is 22.8 Å². The molecule has 0 aliphatic rings. The van der Waals surface area contributed by atoms with Gasteiger partial charge in [-0.1, -0.05) is 0 Å². The minimum atomic E-state index is 0.0143. The van der Waals surface area contributed by atoms with E-state index in [0.29, 0.717) is 12.2 Å². The number of nitrogen functional groups attached to an aromatic ring is 1. The molecule has 0 aliphatic heterocycles. The first-order valence-corrected chi connectivity index (χ1v) is 8.18. The third-order valence-corrected chi connectivity index (χ3v) is 5.09. The Morgan fingerprint density at radius 2 is 2.19 bits per heavy atom. The van der Waals surface area contributed by atoms with Crippen LogP contribution in [0.5, 0.6) is 0 Å². The molecule has 3 aromatic rings. The van der Waals surface area contributed by atoms with Crippen LogP contribution in [0.25, 0.3) is 10.1 Å². The molecule has 1 aromatic carbocycles. The number of thiophene rings is 1. The minimum absolute atomic E-state index is 0.0143. The molecule has 0 fully saturated rings. The quantitative estimate of drug-likeness (QED) is 0.752. The van der Waals surface area contributed by atoms with Crippen molar-refractivity contribution in [2.45, 2.75) is 13.5 Å². The van der Waals surface area contributed by atoms with Crippen LogP contribution < -0.4 is 5.73 Å². The number of anilines is 1.